The number of rotatable bonds is 7. The first-order valence-electron chi connectivity index (χ1n) is 10.3. The van der Waals surface area contributed by atoms with E-state index in [1.807, 2.05) is 19.0 Å². The molecule has 0 bridgehead atoms. The summed E-state index contributed by atoms with van der Waals surface area (Å²) in [4.78, 5) is 50.4. The molecule has 4 aromatic rings. The Hall–Kier alpha value is -3.09. The Morgan fingerprint density at radius 1 is 1.15 bits per heavy atom. The largest absolute Gasteiger partial charge is 0.332 e. The molecule has 3 heterocycles. The van der Waals surface area contributed by atoms with Crippen LogP contribution in [0.1, 0.15) is 6.42 Å². The number of hydrogen-bond donors (Lipinski definition) is 0. The van der Waals surface area contributed by atoms with E-state index in [2.05, 4.69) is 9.97 Å². The number of aromatic nitrogens is 5. The zero-order valence-corrected chi connectivity index (χ0v) is 20.8. The summed E-state index contributed by atoms with van der Waals surface area (Å²) < 4.78 is 18.5. The van der Waals surface area contributed by atoms with Crippen molar-refractivity contribution >= 4 is 56.2 Å². The number of halogens is 2. The monoisotopic (exact) mass is 509 g/mol. The highest BCUT2D eigenvalue weighted by atomic mass is 35.5. The molecule has 0 aliphatic rings. The molecule has 34 heavy (non-hydrogen) atoms. The van der Waals surface area contributed by atoms with Gasteiger partial charge in [-0.1, -0.05) is 17.4 Å². The van der Waals surface area contributed by atoms with Crippen molar-refractivity contribution in [3.8, 4) is 0 Å². The quantitative estimate of drug-likeness (QED) is 0.375. The molecule has 0 atom stereocenters. The minimum absolute atomic E-state index is 0. The van der Waals surface area contributed by atoms with Gasteiger partial charge in [0.2, 0.25) is 5.91 Å². The number of aryl methyl sites for hydroxylation is 1. The molecule has 0 radical (unpaired) electrons. The number of carbonyl (C=O) groups excluding carboxylic acids is 1. The summed E-state index contributed by atoms with van der Waals surface area (Å²) in [6.07, 6.45) is 2.05. The maximum absolute atomic E-state index is 14.2. The number of carbonyl (C=O) groups is 1. The van der Waals surface area contributed by atoms with Crippen molar-refractivity contribution in [1.29, 1.82) is 0 Å². The van der Waals surface area contributed by atoms with Crippen LogP contribution in [0.4, 0.5) is 9.52 Å². The van der Waals surface area contributed by atoms with Crippen molar-refractivity contribution < 1.29 is 9.18 Å². The lowest BCUT2D eigenvalue weighted by atomic mass is 10.3. The number of benzene rings is 1. The van der Waals surface area contributed by atoms with Crippen LogP contribution in [0.5, 0.6) is 0 Å². The van der Waals surface area contributed by atoms with Crippen LogP contribution in [-0.4, -0.2) is 61.7 Å². The molecule has 0 spiro atoms. The predicted molar refractivity (Wildman–Crippen MR) is 133 cm³/mol. The summed E-state index contributed by atoms with van der Waals surface area (Å²) in [5, 5.41) is 0.392. The van der Waals surface area contributed by atoms with Gasteiger partial charge in [0.1, 0.15) is 17.9 Å². The molecular weight excluding hydrogens is 485 g/mol. The Morgan fingerprint density at radius 3 is 2.56 bits per heavy atom. The number of para-hydroxylation sites is 1. The predicted octanol–water partition coefficient (Wildman–Crippen LogP) is 1.59. The minimum Gasteiger partial charge on any atom is -0.315 e. The standard InChI is InChI=1S/C21H24FN7O3S.ClH/c1-25(2)9-6-10-29(20-24-16-13(22)7-5-8-14(16)33-20)15(30)11-28-12-23-18-17(28)19(31)27(4)21(32)26(18)3;/h5,7-8,12H,6,9-11H2,1-4H3;1H. The number of nitrogens with zero attached hydrogens (tertiary/aromatic N) is 7. The highest BCUT2D eigenvalue weighted by Crippen LogP contribution is 2.30. The van der Waals surface area contributed by atoms with Gasteiger partial charge in [0.15, 0.2) is 16.3 Å². The normalized spacial score (nSPS) is 11.4. The first-order chi connectivity index (χ1) is 15.7. The lowest BCUT2D eigenvalue weighted by Crippen LogP contribution is -2.39. The molecule has 0 saturated heterocycles. The van der Waals surface area contributed by atoms with Crippen LogP contribution in [0.15, 0.2) is 34.1 Å². The third-order valence-electron chi connectivity index (χ3n) is 5.40. The fourth-order valence-corrected chi connectivity index (χ4v) is 4.66. The van der Waals surface area contributed by atoms with Crippen molar-refractivity contribution in [2.45, 2.75) is 13.0 Å². The molecule has 182 valence electrons. The Labute approximate surface area is 204 Å². The van der Waals surface area contributed by atoms with Gasteiger partial charge in [-0.05, 0) is 39.2 Å². The molecule has 0 aliphatic heterocycles. The molecule has 10 nitrogen and oxygen atoms in total. The van der Waals surface area contributed by atoms with Gasteiger partial charge in [0.05, 0.1) is 11.0 Å². The van der Waals surface area contributed by atoms with Gasteiger partial charge in [-0.3, -0.25) is 23.6 Å². The van der Waals surface area contributed by atoms with E-state index in [4.69, 9.17) is 0 Å². The second-order valence-electron chi connectivity index (χ2n) is 8.04. The molecule has 1 amide bonds. The summed E-state index contributed by atoms with van der Waals surface area (Å²) in [6.45, 7) is 0.950. The van der Waals surface area contributed by atoms with E-state index in [9.17, 15) is 18.8 Å². The topological polar surface area (TPSA) is 98.3 Å². The van der Waals surface area contributed by atoms with E-state index in [-0.39, 0.29) is 41.5 Å². The highest BCUT2D eigenvalue weighted by molar-refractivity contribution is 7.22. The minimum atomic E-state index is -0.528. The smallest absolute Gasteiger partial charge is 0.315 e. The summed E-state index contributed by atoms with van der Waals surface area (Å²) in [5.74, 6) is -0.760. The van der Waals surface area contributed by atoms with Crippen LogP contribution in [0.2, 0.25) is 0 Å². The number of amides is 1. The molecule has 4 rings (SSSR count). The van der Waals surface area contributed by atoms with E-state index in [1.165, 1.54) is 51.9 Å². The Kier molecular flexibility index (Phi) is 7.54. The van der Waals surface area contributed by atoms with Crippen molar-refractivity contribution in [1.82, 2.24) is 28.6 Å². The Morgan fingerprint density at radius 2 is 1.88 bits per heavy atom. The lowest BCUT2D eigenvalue weighted by molar-refractivity contribution is -0.119. The van der Waals surface area contributed by atoms with Gasteiger partial charge in [0, 0.05) is 20.6 Å². The van der Waals surface area contributed by atoms with Crippen molar-refractivity contribution in [2.24, 2.45) is 14.1 Å². The van der Waals surface area contributed by atoms with Crippen LogP contribution in [0.3, 0.4) is 0 Å². The fraction of sp³-hybridized carbons (Fsp3) is 0.381. The number of fused-ring (bicyclic) bond motifs is 2. The van der Waals surface area contributed by atoms with E-state index in [0.717, 1.165) is 11.1 Å². The van der Waals surface area contributed by atoms with Gasteiger partial charge in [0.25, 0.3) is 5.56 Å². The Balaban J connectivity index is 0.00000324. The summed E-state index contributed by atoms with van der Waals surface area (Å²) >= 11 is 1.24. The zero-order chi connectivity index (χ0) is 23.9. The maximum Gasteiger partial charge on any atom is 0.332 e. The van der Waals surface area contributed by atoms with Gasteiger partial charge in [-0.2, -0.15) is 0 Å². The SMILES string of the molecule is CN(C)CCCN(C(=O)Cn1cnc2c1c(=O)n(C)c(=O)n2C)c1nc2c(F)cccc2s1.Cl. The van der Waals surface area contributed by atoms with Gasteiger partial charge < -0.3 is 9.47 Å². The molecule has 0 N–H and O–H groups in total. The Bertz CT molecular complexity index is 1470. The third kappa shape index (κ3) is 4.61. The van der Waals surface area contributed by atoms with E-state index < -0.39 is 17.1 Å². The first kappa shape index (κ1) is 25.5. The molecule has 0 unspecified atom stereocenters. The van der Waals surface area contributed by atoms with Crippen LogP contribution in [0.25, 0.3) is 21.4 Å². The fourth-order valence-electron chi connectivity index (χ4n) is 3.64. The summed E-state index contributed by atoms with van der Waals surface area (Å²) in [7, 11) is 6.78. The second-order valence-corrected chi connectivity index (χ2v) is 9.04. The van der Waals surface area contributed by atoms with E-state index in [0.29, 0.717) is 22.8 Å². The average molecular weight is 510 g/mol. The molecule has 13 heteroatoms. The average Bonchev–Trinajstić information content (AvgIpc) is 3.39. The van der Waals surface area contributed by atoms with Crippen molar-refractivity contribution in [2.75, 3.05) is 32.1 Å². The van der Waals surface area contributed by atoms with Gasteiger partial charge in [-0.25, -0.2) is 19.2 Å². The maximum atomic E-state index is 14.2. The number of thiazole rings is 1. The summed E-state index contributed by atoms with van der Waals surface area (Å²) in [6, 6.07) is 4.70. The molecule has 0 fully saturated rings. The zero-order valence-electron chi connectivity index (χ0n) is 19.2. The highest BCUT2D eigenvalue weighted by Gasteiger charge is 2.23. The van der Waals surface area contributed by atoms with Crippen LogP contribution in [-0.2, 0) is 25.4 Å². The van der Waals surface area contributed by atoms with Crippen molar-refractivity contribution in [3.63, 3.8) is 0 Å². The number of hydrogen-bond acceptors (Lipinski definition) is 7. The van der Waals surface area contributed by atoms with Crippen molar-refractivity contribution in [3.05, 3.63) is 51.2 Å². The van der Waals surface area contributed by atoms with Gasteiger partial charge >= 0.3 is 5.69 Å². The molecule has 1 aromatic carbocycles. The second kappa shape index (κ2) is 10.0. The lowest BCUT2D eigenvalue weighted by Gasteiger charge is -2.21. The van der Waals surface area contributed by atoms with E-state index in [1.54, 1.807) is 12.1 Å². The number of imidazole rings is 1. The molecule has 3 aromatic heterocycles. The number of anilines is 1. The third-order valence-corrected chi connectivity index (χ3v) is 6.44. The van der Waals surface area contributed by atoms with E-state index >= 15 is 0 Å². The van der Waals surface area contributed by atoms with Gasteiger partial charge in [-0.15, -0.1) is 12.4 Å². The van der Waals surface area contributed by atoms with Crippen LogP contribution >= 0.6 is 23.7 Å². The van der Waals surface area contributed by atoms with Crippen LogP contribution < -0.4 is 16.1 Å². The first-order valence-corrected chi connectivity index (χ1v) is 11.1. The molecule has 0 saturated carbocycles. The molecular formula is C21H25ClFN7O3S. The summed E-state index contributed by atoms with van der Waals surface area (Å²) in [5.41, 5.74) is -0.431. The molecule has 0 aliphatic carbocycles. The van der Waals surface area contributed by atoms with Crippen LogP contribution in [0, 0.1) is 5.82 Å².